The van der Waals surface area contributed by atoms with Crippen LogP contribution in [0.15, 0.2) is 22.9 Å². The molecule has 0 spiro atoms. The van der Waals surface area contributed by atoms with Gasteiger partial charge in [-0.2, -0.15) is 5.10 Å². The predicted octanol–water partition coefficient (Wildman–Crippen LogP) is 0.687. The van der Waals surface area contributed by atoms with Crippen molar-refractivity contribution in [3.63, 3.8) is 0 Å². The lowest BCUT2D eigenvalue weighted by Crippen LogP contribution is -2.10. The van der Waals surface area contributed by atoms with Crippen LogP contribution in [0.5, 0.6) is 0 Å². The van der Waals surface area contributed by atoms with Gasteiger partial charge in [0.05, 0.1) is 12.3 Å². The molecular formula is C9H8N4O4. The summed E-state index contributed by atoms with van der Waals surface area (Å²) in [5.74, 6) is -1.64. The summed E-state index contributed by atoms with van der Waals surface area (Å²) < 4.78 is 6.29. The first kappa shape index (κ1) is 10.9. The zero-order valence-corrected chi connectivity index (χ0v) is 8.78. The normalized spacial score (nSPS) is 10.4. The van der Waals surface area contributed by atoms with E-state index in [-0.39, 0.29) is 11.3 Å². The minimum absolute atomic E-state index is 0.246. The van der Waals surface area contributed by atoms with Gasteiger partial charge in [-0.15, -0.1) is 0 Å². The Morgan fingerprint density at radius 2 is 2.35 bits per heavy atom. The topological polar surface area (TPSA) is 117 Å². The van der Waals surface area contributed by atoms with Gasteiger partial charge in [-0.05, 0) is 0 Å². The van der Waals surface area contributed by atoms with Crippen molar-refractivity contribution in [1.82, 2.24) is 9.78 Å². The Morgan fingerprint density at radius 3 is 2.82 bits per heavy atom. The monoisotopic (exact) mass is 236 g/mol. The molecule has 0 atom stereocenters. The van der Waals surface area contributed by atoms with E-state index >= 15 is 0 Å². The van der Waals surface area contributed by atoms with Crippen LogP contribution in [0.4, 0.5) is 5.88 Å². The van der Waals surface area contributed by atoms with Crippen molar-refractivity contribution in [3.05, 3.63) is 34.3 Å². The molecule has 8 heteroatoms. The van der Waals surface area contributed by atoms with Crippen LogP contribution in [0.25, 0.3) is 11.1 Å². The summed E-state index contributed by atoms with van der Waals surface area (Å²) >= 11 is 0. The summed E-state index contributed by atoms with van der Waals surface area (Å²) in [4.78, 5) is 21.0. The molecule has 2 N–H and O–H groups in total. The number of carbonyl (C=O) groups is 1. The van der Waals surface area contributed by atoms with Crippen LogP contribution < -0.4 is 5.73 Å². The Balaban J connectivity index is 2.59. The summed E-state index contributed by atoms with van der Waals surface area (Å²) in [6.07, 6.45) is 3.06. The van der Waals surface area contributed by atoms with Crippen LogP contribution in [0.2, 0.25) is 0 Å². The van der Waals surface area contributed by atoms with E-state index in [4.69, 9.17) is 10.2 Å². The number of hydrogen-bond acceptors (Lipinski definition) is 5. The summed E-state index contributed by atoms with van der Waals surface area (Å²) in [7, 11) is 1.68. The second-order valence-electron chi connectivity index (χ2n) is 3.35. The smallest absolute Gasteiger partial charge is 0.395 e. The molecule has 2 aromatic rings. The van der Waals surface area contributed by atoms with Crippen molar-refractivity contribution in [2.75, 3.05) is 0 Å². The molecule has 0 fully saturated rings. The average molecular weight is 236 g/mol. The van der Waals surface area contributed by atoms with Gasteiger partial charge in [-0.1, -0.05) is 0 Å². The van der Waals surface area contributed by atoms with Gasteiger partial charge in [0.15, 0.2) is 0 Å². The summed E-state index contributed by atoms with van der Waals surface area (Å²) in [5, 5.41) is 14.5. The van der Waals surface area contributed by atoms with Crippen LogP contribution in [0.3, 0.4) is 0 Å². The Kier molecular flexibility index (Phi) is 2.39. The van der Waals surface area contributed by atoms with Gasteiger partial charge in [-0.3, -0.25) is 19.6 Å². The highest BCUT2D eigenvalue weighted by Crippen LogP contribution is 2.30. The third kappa shape index (κ3) is 1.87. The molecular weight excluding hydrogens is 228 g/mol. The number of carbonyl (C=O) groups excluding carboxylic acids is 1. The van der Waals surface area contributed by atoms with Gasteiger partial charge >= 0.3 is 5.88 Å². The maximum absolute atomic E-state index is 11.1. The number of nitro groups is 1. The van der Waals surface area contributed by atoms with Crippen molar-refractivity contribution in [2.45, 2.75) is 0 Å². The standard InChI is InChI=1S/C9H8N4O4/c1-12-4-5(3-11-12)6-2-7(13(15)16)17-8(6)9(10)14/h2-4H,1H3,(H2,10,14). The first-order valence-corrected chi connectivity index (χ1v) is 4.56. The average Bonchev–Trinajstić information content (AvgIpc) is 2.82. The van der Waals surface area contributed by atoms with Crippen LogP contribution >= 0.6 is 0 Å². The Bertz CT molecular complexity index is 598. The highest BCUT2D eigenvalue weighted by Gasteiger charge is 2.23. The molecule has 0 bridgehead atoms. The molecule has 17 heavy (non-hydrogen) atoms. The number of nitrogens with two attached hydrogens (primary N) is 1. The third-order valence-corrected chi connectivity index (χ3v) is 2.14. The van der Waals surface area contributed by atoms with E-state index in [0.717, 1.165) is 6.07 Å². The number of rotatable bonds is 3. The zero-order valence-electron chi connectivity index (χ0n) is 8.78. The molecule has 2 rings (SSSR count). The lowest BCUT2D eigenvalue weighted by molar-refractivity contribution is -0.402. The quantitative estimate of drug-likeness (QED) is 0.621. The number of amides is 1. The number of aromatic nitrogens is 2. The molecule has 2 aromatic heterocycles. The number of aryl methyl sites for hydroxylation is 1. The van der Waals surface area contributed by atoms with E-state index in [0.29, 0.717) is 5.56 Å². The van der Waals surface area contributed by atoms with Crippen LogP contribution in [0, 0.1) is 10.1 Å². The van der Waals surface area contributed by atoms with Gasteiger partial charge in [0.2, 0.25) is 5.76 Å². The lowest BCUT2D eigenvalue weighted by Gasteiger charge is -1.92. The fraction of sp³-hybridized carbons (Fsp3) is 0.111. The van der Waals surface area contributed by atoms with E-state index in [1.54, 1.807) is 13.2 Å². The highest BCUT2D eigenvalue weighted by atomic mass is 16.6. The summed E-state index contributed by atoms with van der Waals surface area (Å²) in [6.45, 7) is 0. The number of hydrogen-bond donors (Lipinski definition) is 1. The minimum atomic E-state index is -0.864. The van der Waals surface area contributed by atoms with Crippen LogP contribution in [0.1, 0.15) is 10.6 Å². The first-order valence-electron chi connectivity index (χ1n) is 4.56. The molecule has 0 unspecified atom stereocenters. The van der Waals surface area contributed by atoms with Crippen LogP contribution in [-0.4, -0.2) is 20.6 Å². The molecule has 8 nitrogen and oxygen atoms in total. The second kappa shape index (κ2) is 3.74. The molecule has 1 amide bonds. The third-order valence-electron chi connectivity index (χ3n) is 2.14. The van der Waals surface area contributed by atoms with Crippen molar-refractivity contribution < 1.29 is 14.1 Å². The Labute approximate surface area is 94.8 Å². The molecule has 0 aromatic carbocycles. The Hall–Kier alpha value is -2.64. The molecule has 0 radical (unpaired) electrons. The highest BCUT2D eigenvalue weighted by molar-refractivity contribution is 5.97. The van der Waals surface area contributed by atoms with Crippen LogP contribution in [-0.2, 0) is 7.05 Å². The van der Waals surface area contributed by atoms with E-state index in [9.17, 15) is 14.9 Å². The minimum Gasteiger partial charge on any atom is -0.395 e. The van der Waals surface area contributed by atoms with Crippen molar-refractivity contribution in [1.29, 1.82) is 0 Å². The second-order valence-corrected chi connectivity index (χ2v) is 3.35. The fourth-order valence-corrected chi connectivity index (χ4v) is 1.43. The van der Waals surface area contributed by atoms with E-state index in [2.05, 4.69) is 5.10 Å². The maximum atomic E-state index is 11.1. The van der Waals surface area contributed by atoms with E-state index in [1.807, 2.05) is 0 Å². The SMILES string of the molecule is Cn1cc(-c2cc([N+](=O)[O-])oc2C(N)=O)cn1. The van der Waals surface area contributed by atoms with Crippen molar-refractivity contribution in [3.8, 4) is 11.1 Å². The Morgan fingerprint density at radius 1 is 1.65 bits per heavy atom. The number of primary amides is 1. The number of nitrogens with zero attached hydrogens (tertiary/aromatic N) is 3. The summed E-state index contributed by atoms with van der Waals surface area (Å²) in [5.41, 5.74) is 5.88. The molecule has 0 saturated heterocycles. The van der Waals surface area contributed by atoms with Gasteiger partial charge in [0.25, 0.3) is 5.91 Å². The summed E-state index contributed by atoms with van der Waals surface area (Å²) in [6, 6.07) is 1.15. The van der Waals surface area contributed by atoms with E-state index in [1.165, 1.54) is 10.9 Å². The first-order chi connectivity index (χ1) is 7.99. The van der Waals surface area contributed by atoms with Gasteiger partial charge in [0, 0.05) is 24.4 Å². The zero-order chi connectivity index (χ0) is 12.6. The molecule has 2 heterocycles. The van der Waals surface area contributed by atoms with Gasteiger partial charge in [0.1, 0.15) is 4.92 Å². The number of furan rings is 1. The molecule has 0 aliphatic heterocycles. The molecule has 88 valence electrons. The van der Waals surface area contributed by atoms with Crippen molar-refractivity contribution >= 4 is 11.8 Å². The largest absolute Gasteiger partial charge is 0.434 e. The molecule has 0 aliphatic rings. The lowest BCUT2D eigenvalue weighted by atomic mass is 10.1. The van der Waals surface area contributed by atoms with Gasteiger partial charge < -0.3 is 10.2 Å². The molecule has 0 saturated carbocycles. The van der Waals surface area contributed by atoms with Crippen molar-refractivity contribution in [2.24, 2.45) is 12.8 Å². The fourth-order valence-electron chi connectivity index (χ4n) is 1.43. The maximum Gasteiger partial charge on any atom is 0.434 e. The van der Waals surface area contributed by atoms with Gasteiger partial charge in [-0.25, -0.2) is 0 Å². The molecule has 0 aliphatic carbocycles. The van der Waals surface area contributed by atoms with E-state index < -0.39 is 16.7 Å². The predicted molar refractivity (Wildman–Crippen MR) is 56.1 cm³/mol.